The van der Waals surface area contributed by atoms with Crippen molar-refractivity contribution in [3.8, 4) is 0 Å². The molecular weight excluding hydrogens is 258 g/mol. The van der Waals surface area contributed by atoms with Crippen molar-refractivity contribution in [2.75, 3.05) is 6.54 Å². The molecule has 0 bridgehead atoms. The lowest BCUT2D eigenvalue weighted by Crippen LogP contribution is -2.32. The highest BCUT2D eigenvalue weighted by Crippen LogP contribution is 2.02. The van der Waals surface area contributed by atoms with Crippen LogP contribution in [0.5, 0.6) is 0 Å². The fraction of sp³-hybridized carbons (Fsp3) is 0.357. The van der Waals surface area contributed by atoms with Crippen molar-refractivity contribution in [1.82, 2.24) is 15.1 Å². The molecule has 0 saturated carbocycles. The van der Waals surface area contributed by atoms with E-state index in [-0.39, 0.29) is 30.0 Å². The number of benzene rings is 1. The number of amides is 1. The van der Waals surface area contributed by atoms with E-state index in [0.717, 1.165) is 6.42 Å². The third kappa shape index (κ3) is 2.96. The maximum absolute atomic E-state index is 12.2. The first-order valence-electron chi connectivity index (χ1n) is 6.62. The summed E-state index contributed by atoms with van der Waals surface area (Å²) < 4.78 is 1.19. The van der Waals surface area contributed by atoms with E-state index in [1.165, 1.54) is 4.68 Å². The average molecular weight is 275 g/mol. The average Bonchev–Trinajstić information content (AvgIpc) is 2.47. The lowest BCUT2D eigenvalue weighted by molar-refractivity contribution is -0.121. The smallest absolute Gasteiger partial charge is 0.273 e. The zero-order chi connectivity index (χ0) is 14.5. The summed E-state index contributed by atoms with van der Waals surface area (Å²) >= 11 is 0. The molecule has 0 aliphatic carbocycles. The Balaban J connectivity index is 2.23. The maximum Gasteiger partial charge on any atom is 0.273 e. The van der Waals surface area contributed by atoms with Gasteiger partial charge < -0.3 is 5.32 Å². The van der Waals surface area contributed by atoms with Gasteiger partial charge in [0.15, 0.2) is 0 Å². The number of aromatic amines is 1. The molecule has 2 rings (SSSR count). The first-order valence-corrected chi connectivity index (χ1v) is 6.62. The Morgan fingerprint density at radius 1 is 1.25 bits per heavy atom. The highest BCUT2D eigenvalue weighted by molar-refractivity contribution is 5.80. The lowest BCUT2D eigenvalue weighted by atomic mass is 10.2. The first-order chi connectivity index (χ1) is 9.63. The van der Waals surface area contributed by atoms with Crippen LogP contribution in [0, 0.1) is 0 Å². The fourth-order valence-electron chi connectivity index (χ4n) is 1.97. The van der Waals surface area contributed by atoms with Crippen LogP contribution in [-0.2, 0) is 11.3 Å². The van der Waals surface area contributed by atoms with E-state index in [1.807, 2.05) is 6.92 Å². The van der Waals surface area contributed by atoms with Crippen LogP contribution in [0.4, 0.5) is 0 Å². The summed E-state index contributed by atoms with van der Waals surface area (Å²) in [5.74, 6) is -0.132. The molecule has 0 spiro atoms. The number of hydrogen-bond donors (Lipinski definition) is 2. The Hall–Kier alpha value is -2.37. The predicted octanol–water partition coefficient (Wildman–Crippen LogP) is 0.606. The molecule has 0 atom stereocenters. The highest BCUT2D eigenvalue weighted by atomic mass is 16.2. The molecule has 1 heterocycles. The fourth-order valence-corrected chi connectivity index (χ4v) is 1.97. The molecule has 106 valence electrons. The van der Waals surface area contributed by atoms with Gasteiger partial charge in [0.1, 0.15) is 0 Å². The monoisotopic (exact) mass is 275 g/mol. The molecule has 0 radical (unpaired) electrons. The third-order valence-electron chi connectivity index (χ3n) is 3.02. The molecule has 0 unspecified atom stereocenters. The number of nitrogens with zero attached hydrogens (tertiary/aromatic N) is 1. The minimum absolute atomic E-state index is 0.132. The Morgan fingerprint density at radius 3 is 2.65 bits per heavy atom. The Bertz CT molecular complexity index is 730. The molecular formula is C14H17N3O3. The summed E-state index contributed by atoms with van der Waals surface area (Å²) in [6.45, 7) is 2.74. The number of aryl methyl sites for hydroxylation is 1. The lowest BCUT2D eigenvalue weighted by Gasteiger charge is -2.07. The van der Waals surface area contributed by atoms with Gasteiger partial charge in [0.25, 0.3) is 11.1 Å². The second-order valence-electron chi connectivity index (χ2n) is 4.54. The van der Waals surface area contributed by atoms with Gasteiger partial charge in [0.05, 0.1) is 17.3 Å². The van der Waals surface area contributed by atoms with Gasteiger partial charge in [-0.1, -0.05) is 19.1 Å². The maximum atomic E-state index is 12.2. The number of aromatic nitrogens is 2. The van der Waals surface area contributed by atoms with Gasteiger partial charge in [-0.3, -0.25) is 19.5 Å². The Morgan fingerprint density at radius 2 is 1.95 bits per heavy atom. The topological polar surface area (TPSA) is 84.0 Å². The van der Waals surface area contributed by atoms with Crippen LogP contribution in [0.1, 0.15) is 19.8 Å². The molecule has 6 nitrogen and oxygen atoms in total. The summed E-state index contributed by atoms with van der Waals surface area (Å²) in [5, 5.41) is 5.96. The molecule has 0 aliphatic rings. The van der Waals surface area contributed by atoms with Gasteiger partial charge in [0.2, 0.25) is 5.91 Å². The van der Waals surface area contributed by atoms with E-state index in [2.05, 4.69) is 10.4 Å². The molecule has 1 aromatic heterocycles. The second kappa shape index (κ2) is 6.18. The zero-order valence-corrected chi connectivity index (χ0v) is 11.3. The number of carbonyl (C=O) groups excluding carboxylic acids is 1. The van der Waals surface area contributed by atoms with Crippen molar-refractivity contribution < 1.29 is 4.79 Å². The summed E-state index contributed by atoms with van der Waals surface area (Å²) in [5.41, 5.74) is -0.613. The SMILES string of the molecule is CCCNC(=O)CCn1[nH]c(=O)c2ccccc2c1=O. The van der Waals surface area contributed by atoms with Crippen molar-refractivity contribution in [1.29, 1.82) is 0 Å². The molecule has 0 aliphatic heterocycles. The molecule has 6 heteroatoms. The molecule has 20 heavy (non-hydrogen) atoms. The molecule has 1 aromatic carbocycles. The quantitative estimate of drug-likeness (QED) is 0.838. The van der Waals surface area contributed by atoms with E-state index >= 15 is 0 Å². The van der Waals surface area contributed by atoms with Gasteiger partial charge >= 0.3 is 0 Å². The van der Waals surface area contributed by atoms with Crippen molar-refractivity contribution >= 4 is 16.7 Å². The van der Waals surface area contributed by atoms with Gasteiger partial charge in [-0.2, -0.15) is 0 Å². The summed E-state index contributed by atoms with van der Waals surface area (Å²) in [7, 11) is 0. The van der Waals surface area contributed by atoms with Crippen LogP contribution in [0.25, 0.3) is 10.8 Å². The summed E-state index contributed by atoms with van der Waals surface area (Å²) in [4.78, 5) is 35.5. The zero-order valence-electron chi connectivity index (χ0n) is 11.3. The van der Waals surface area contributed by atoms with E-state index in [4.69, 9.17) is 0 Å². The number of H-pyrrole nitrogens is 1. The van der Waals surface area contributed by atoms with Crippen LogP contribution in [-0.4, -0.2) is 22.2 Å². The van der Waals surface area contributed by atoms with Crippen LogP contribution in [0.3, 0.4) is 0 Å². The Labute approximate surface area is 115 Å². The standard InChI is InChI=1S/C14H17N3O3/c1-2-8-15-12(18)7-9-17-14(20)11-6-4-3-5-10(11)13(19)16-17/h3-6H,2,7-9H2,1H3,(H,15,18)(H,16,19). The van der Waals surface area contributed by atoms with Crippen LogP contribution < -0.4 is 16.4 Å². The van der Waals surface area contributed by atoms with Crippen molar-refractivity contribution in [3.63, 3.8) is 0 Å². The first kappa shape index (κ1) is 14.0. The van der Waals surface area contributed by atoms with Crippen molar-refractivity contribution in [2.45, 2.75) is 26.3 Å². The summed E-state index contributed by atoms with van der Waals surface area (Å²) in [6.07, 6.45) is 1.02. The van der Waals surface area contributed by atoms with Crippen LogP contribution in [0.2, 0.25) is 0 Å². The Kier molecular flexibility index (Phi) is 4.34. The van der Waals surface area contributed by atoms with Gasteiger partial charge in [-0.25, -0.2) is 4.68 Å². The van der Waals surface area contributed by atoms with E-state index in [1.54, 1.807) is 24.3 Å². The van der Waals surface area contributed by atoms with Crippen molar-refractivity contribution in [2.24, 2.45) is 0 Å². The van der Waals surface area contributed by atoms with E-state index < -0.39 is 0 Å². The largest absolute Gasteiger partial charge is 0.356 e. The molecule has 2 N–H and O–H groups in total. The minimum atomic E-state index is -0.325. The minimum Gasteiger partial charge on any atom is -0.356 e. The van der Waals surface area contributed by atoms with Gasteiger partial charge in [-0.15, -0.1) is 0 Å². The highest BCUT2D eigenvalue weighted by Gasteiger charge is 2.08. The number of carbonyl (C=O) groups is 1. The number of rotatable bonds is 5. The third-order valence-corrected chi connectivity index (χ3v) is 3.02. The molecule has 0 fully saturated rings. The van der Waals surface area contributed by atoms with Crippen LogP contribution >= 0.6 is 0 Å². The number of hydrogen-bond acceptors (Lipinski definition) is 3. The second-order valence-corrected chi connectivity index (χ2v) is 4.54. The number of fused-ring (bicyclic) bond motifs is 1. The van der Waals surface area contributed by atoms with Gasteiger partial charge in [0, 0.05) is 13.0 Å². The van der Waals surface area contributed by atoms with Crippen LogP contribution in [0.15, 0.2) is 33.9 Å². The van der Waals surface area contributed by atoms with E-state index in [0.29, 0.717) is 17.3 Å². The number of nitrogens with one attached hydrogen (secondary N) is 2. The van der Waals surface area contributed by atoms with Crippen molar-refractivity contribution in [3.05, 3.63) is 45.0 Å². The van der Waals surface area contributed by atoms with Gasteiger partial charge in [-0.05, 0) is 18.6 Å². The molecule has 2 aromatic rings. The molecule has 1 amide bonds. The van der Waals surface area contributed by atoms with E-state index in [9.17, 15) is 14.4 Å². The molecule has 0 saturated heterocycles. The predicted molar refractivity (Wildman–Crippen MR) is 76.7 cm³/mol. The normalized spacial score (nSPS) is 10.7. The summed E-state index contributed by atoms with van der Waals surface area (Å²) in [6, 6.07) is 6.63.